The zero-order valence-electron chi connectivity index (χ0n) is 15.4. The Bertz CT molecular complexity index is 458. The summed E-state index contributed by atoms with van der Waals surface area (Å²) in [5.41, 5.74) is 0.835. The van der Waals surface area contributed by atoms with Crippen molar-refractivity contribution >= 4 is 5.97 Å². The standard InChI is InChI=1S/C20H34O3/c1-6-15(10-13-23-5)17-14(2)8-9-16-19(17,3)11-7-12-20(16,4)18(21)22/h15-17H,2,6-13H2,1,3-5H3,(H,21,22). The van der Waals surface area contributed by atoms with Gasteiger partial charge < -0.3 is 9.84 Å². The first-order chi connectivity index (χ1) is 10.8. The first-order valence-electron chi connectivity index (χ1n) is 9.21. The molecule has 0 amide bonds. The van der Waals surface area contributed by atoms with Gasteiger partial charge in [-0.2, -0.15) is 0 Å². The molecule has 2 fully saturated rings. The van der Waals surface area contributed by atoms with E-state index in [-0.39, 0.29) is 11.3 Å². The molecule has 5 unspecified atom stereocenters. The van der Waals surface area contributed by atoms with Crippen LogP contribution in [0.5, 0.6) is 0 Å². The molecule has 0 spiro atoms. The van der Waals surface area contributed by atoms with E-state index < -0.39 is 11.4 Å². The fraction of sp³-hybridized carbons (Fsp3) is 0.850. The number of ether oxygens (including phenoxy) is 1. The average molecular weight is 322 g/mol. The fourth-order valence-electron chi connectivity index (χ4n) is 5.89. The van der Waals surface area contributed by atoms with Crippen molar-refractivity contribution < 1.29 is 14.6 Å². The van der Waals surface area contributed by atoms with Gasteiger partial charge in [0.25, 0.3) is 0 Å². The van der Waals surface area contributed by atoms with Gasteiger partial charge in [0.2, 0.25) is 0 Å². The summed E-state index contributed by atoms with van der Waals surface area (Å²) in [6.45, 7) is 11.8. The summed E-state index contributed by atoms with van der Waals surface area (Å²) in [6, 6.07) is 0. The number of carboxylic acids is 1. The second-order valence-electron chi connectivity index (χ2n) is 8.26. The molecule has 2 rings (SSSR count). The van der Waals surface area contributed by atoms with Gasteiger partial charge in [-0.15, -0.1) is 0 Å². The largest absolute Gasteiger partial charge is 0.481 e. The quantitative estimate of drug-likeness (QED) is 0.707. The van der Waals surface area contributed by atoms with Gasteiger partial charge in [0, 0.05) is 13.7 Å². The molecule has 3 nitrogen and oxygen atoms in total. The summed E-state index contributed by atoms with van der Waals surface area (Å²) in [5, 5.41) is 9.90. The van der Waals surface area contributed by atoms with Gasteiger partial charge in [0.05, 0.1) is 5.41 Å². The lowest BCUT2D eigenvalue weighted by Gasteiger charge is -2.59. The summed E-state index contributed by atoms with van der Waals surface area (Å²) in [6.07, 6.45) is 7.08. The van der Waals surface area contributed by atoms with E-state index in [0.29, 0.717) is 11.8 Å². The number of fused-ring (bicyclic) bond motifs is 1. The molecule has 5 atom stereocenters. The van der Waals surface area contributed by atoms with E-state index >= 15 is 0 Å². The van der Waals surface area contributed by atoms with Crippen molar-refractivity contribution in [1.82, 2.24) is 0 Å². The molecular formula is C20H34O3. The molecule has 3 heteroatoms. The first-order valence-corrected chi connectivity index (χ1v) is 9.21. The molecule has 0 aliphatic heterocycles. The molecule has 132 valence electrons. The van der Waals surface area contributed by atoms with E-state index in [4.69, 9.17) is 4.74 Å². The third-order valence-corrected chi connectivity index (χ3v) is 7.06. The molecule has 2 saturated carbocycles. The number of carboxylic acid groups (broad SMARTS) is 1. The minimum absolute atomic E-state index is 0.0646. The van der Waals surface area contributed by atoms with Gasteiger partial charge in [-0.3, -0.25) is 4.79 Å². The monoisotopic (exact) mass is 322 g/mol. The Balaban J connectivity index is 2.37. The molecular weight excluding hydrogens is 288 g/mol. The van der Waals surface area contributed by atoms with Crippen molar-refractivity contribution in [1.29, 1.82) is 0 Å². The van der Waals surface area contributed by atoms with Crippen molar-refractivity contribution in [3.05, 3.63) is 12.2 Å². The smallest absolute Gasteiger partial charge is 0.309 e. The summed E-state index contributed by atoms with van der Waals surface area (Å²) in [7, 11) is 1.76. The molecule has 0 aromatic rings. The maximum absolute atomic E-state index is 12.0. The van der Waals surface area contributed by atoms with E-state index in [2.05, 4.69) is 20.4 Å². The molecule has 2 aliphatic rings. The highest BCUT2D eigenvalue weighted by Gasteiger charge is 2.58. The minimum atomic E-state index is -0.607. The van der Waals surface area contributed by atoms with Crippen molar-refractivity contribution in [3.63, 3.8) is 0 Å². The van der Waals surface area contributed by atoms with Gasteiger partial charge >= 0.3 is 5.97 Å². The Morgan fingerprint density at radius 2 is 2.13 bits per heavy atom. The molecule has 0 radical (unpaired) electrons. The Kier molecular flexibility index (Phi) is 5.60. The molecule has 23 heavy (non-hydrogen) atoms. The van der Waals surface area contributed by atoms with Crippen LogP contribution in [0.3, 0.4) is 0 Å². The lowest BCUT2D eigenvalue weighted by Crippen LogP contribution is -2.54. The zero-order chi connectivity index (χ0) is 17.3. The van der Waals surface area contributed by atoms with Gasteiger partial charge in [-0.25, -0.2) is 0 Å². The van der Waals surface area contributed by atoms with Gasteiger partial charge in [-0.05, 0) is 62.2 Å². The highest BCUT2D eigenvalue weighted by Crippen LogP contribution is 2.63. The third kappa shape index (κ3) is 3.09. The van der Waals surface area contributed by atoms with Crippen LogP contribution in [0.25, 0.3) is 0 Å². The van der Waals surface area contributed by atoms with Gasteiger partial charge in [0.1, 0.15) is 0 Å². The van der Waals surface area contributed by atoms with Crippen LogP contribution in [0.1, 0.15) is 65.7 Å². The van der Waals surface area contributed by atoms with E-state index in [9.17, 15) is 9.90 Å². The Labute approximate surface area is 141 Å². The summed E-state index contributed by atoms with van der Waals surface area (Å²) in [4.78, 5) is 12.0. The fourth-order valence-corrected chi connectivity index (χ4v) is 5.89. The van der Waals surface area contributed by atoms with Crippen LogP contribution < -0.4 is 0 Å². The number of rotatable bonds is 6. The highest BCUT2D eigenvalue weighted by molar-refractivity contribution is 5.75. The van der Waals surface area contributed by atoms with E-state index in [1.165, 1.54) is 5.57 Å². The predicted molar refractivity (Wildman–Crippen MR) is 93.3 cm³/mol. The van der Waals surface area contributed by atoms with Gasteiger partial charge in [-0.1, -0.05) is 38.8 Å². The maximum atomic E-state index is 12.0. The molecule has 0 aromatic carbocycles. The van der Waals surface area contributed by atoms with E-state index in [1.54, 1.807) is 7.11 Å². The number of aliphatic carboxylic acids is 1. The first kappa shape index (κ1) is 18.5. The molecule has 0 aromatic heterocycles. The van der Waals surface area contributed by atoms with Crippen LogP contribution in [0.15, 0.2) is 12.2 Å². The van der Waals surface area contributed by atoms with E-state index in [0.717, 1.165) is 51.6 Å². The van der Waals surface area contributed by atoms with Crippen molar-refractivity contribution in [2.75, 3.05) is 13.7 Å². The molecule has 2 aliphatic carbocycles. The SMILES string of the molecule is C=C1CCC2C(C)(C(=O)O)CCCC2(C)C1C(CC)CCOC. The Morgan fingerprint density at radius 1 is 1.43 bits per heavy atom. The maximum Gasteiger partial charge on any atom is 0.309 e. The second-order valence-corrected chi connectivity index (χ2v) is 8.26. The topological polar surface area (TPSA) is 46.5 Å². The average Bonchev–Trinajstić information content (AvgIpc) is 2.49. The Hall–Kier alpha value is -0.830. The third-order valence-electron chi connectivity index (χ3n) is 7.06. The molecule has 1 N–H and O–H groups in total. The van der Waals surface area contributed by atoms with Gasteiger partial charge in [0.15, 0.2) is 0 Å². The Morgan fingerprint density at radius 3 is 2.70 bits per heavy atom. The van der Waals surface area contributed by atoms with Crippen LogP contribution in [0.4, 0.5) is 0 Å². The lowest BCUT2D eigenvalue weighted by atomic mass is 9.45. The second kappa shape index (κ2) is 6.96. The van der Waals surface area contributed by atoms with Crippen LogP contribution in [-0.2, 0) is 9.53 Å². The van der Waals surface area contributed by atoms with E-state index in [1.807, 2.05) is 6.92 Å². The number of methoxy groups -OCH3 is 1. The number of hydrogen-bond acceptors (Lipinski definition) is 2. The van der Waals surface area contributed by atoms with Crippen LogP contribution in [-0.4, -0.2) is 24.8 Å². The molecule has 0 saturated heterocycles. The van der Waals surface area contributed by atoms with Crippen LogP contribution >= 0.6 is 0 Å². The summed E-state index contributed by atoms with van der Waals surface area (Å²) in [5.74, 6) is 0.629. The summed E-state index contributed by atoms with van der Waals surface area (Å²) >= 11 is 0. The lowest BCUT2D eigenvalue weighted by molar-refractivity contribution is -0.165. The van der Waals surface area contributed by atoms with Crippen LogP contribution in [0, 0.1) is 28.6 Å². The number of hydrogen-bond donors (Lipinski definition) is 1. The normalized spacial score (nSPS) is 38.9. The summed E-state index contributed by atoms with van der Waals surface area (Å²) < 4.78 is 5.32. The number of allylic oxidation sites excluding steroid dienone is 1. The minimum Gasteiger partial charge on any atom is -0.481 e. The van der Waals surface area contributed by atoms with Crippen LogP contribution in [0.2, 0.25) is 0 Å². The van der Waals surface area contributed by atoms with Crippen molar-refractivity contribution in [2.45, 2.75) is 65.7 Å². The van der Waals surface area contributed by atoms with Crippen molar-refractivity contribution in [3.8, 4) is 0 Å². The zero-order valence-corrected chi connectivity index (χ0v) is 15.4. The molecule has 0 heterocycles. The van der Waals surface area contributed by atoms with Crippen molar-refractivity contribution in [2.24, 2.45) is 28.6 Å². The predicted octanol–water partition coefficient (Wildman–Crippen LogP) is 4.91. The highest BCUT2D eigenvalue weighted by atomic mass is 16.5. The molecule has 0 bridgehead atoms. The number of carbonyl (C=O) groups is 1.